The largest absolute Gasteiger partial charge is 0.490 e. The SMILES string of the molecule is Cc1cccc2[nH]cc(C(=O)Nc3ccc(OC4CCCC4)cc3C(F)(F)F)c(=O)c12. The molecule has 1 saturated carbocycles. The molecule has 0 aliphatic heterocycles. The summed E-state index contributed by atoms with van der Waals surface area (Å²) < 4.78 is 46.7. The van der Waals surface area contributed by atoms with Gasteiger partial charge in [-0.2, -0.15) is 13.2 Å². The molecule has 162 valence electrons. The van der Waals surface area contributed by atoms with Gasteiger partial charge in [-0.05, 0) is 62.4 Å². The first kappa shape index (κ1) is 21.0. The van der Waals surface area contributed by atoms with Crippen LogP contribution in [0.1, 0.15) is 47.2 Å². The zero-order valence-electron chi connectivity index (χ0n) is 16.8. The first-order chi connectivity index (χ1) is 14.7. The van der Waals surface area contributed by atoms with Crippen molar-refractivity contribution in [2.75, 3.05) is 5.32 Å². The van der Waals surface area contributed by atoms with Crippen LogP contribution in [0.25, 0.3) is 10.9 Å². The van der Waals surface area contributed by atoms with E-state index >= 15 is 0 Å². The molecule has 0 unspecified atom stereocenters. The first-order valence-electron chi connectivity index (χ1n) is 10.0. The molecule has 1 heterocycles. The van der Waals surface area contributed by atoms with Crippen molar-refractivity contribution >= 4 is 22.5 Å². The van der Waals surface area contributed by atoms with E-state index in [9.17, 15) is 22.8 Å². The summed E-state index contributed by atoms with van der Waals surface area (Å²) in [4.78, 5) is 28.3. The van der Waals surface area contributed by atoms with E-state index in [0.717, 1.165) is 37.8 Å². The van der Waals surface area contributed by atoms with Gasteiger partial charge in [0, 0.05) is 17.1 Å². The van der Waals surface area contributed by atoms with Crippen molar-refractivity contribution in [1.82, 2.24) is 4.98 Å². The molecule has 5 nitrogen and oxygen atoms in total. The Labute approximate surface area is 176 Å². The number of nitrogens with one attached hydrogen (secondary N) is 2. The predicted octanol–water partition coefficient (Wildman–Crippen LogP) is 5.43. The molecule has 2 aromatic carbocycles. The monoisotopic (exact) mass is 430 g/mol. The summed E-state index contributed by atoms with van der Waals surface area (Å²) in [6, 6.07) is 8.63. The Morgan fingerprint density at radius 3 is 2.61 bits per heavy atom. The van der Waals surface area contributed by atoms with Crippen LogP contribution in [-0.4, -0.2) is 17.0 Å². The van der Waals surface area contributed by atoms with E-state index < -0.39 is 28.8 Å². The number of ether oxygens (including phenoxy) is 1. The summed E-state index contributed by atoms with van der Waals surface area (Å²) in [6.45, 7) is 1.73. The summed E-state index contributed by atoms with van der Waals surface area (Å²) in [5.74, 6) is -0.808. The maximum Gasteiger partial charge on any atom is 0.418 e. The third kappa shape index (κ3) is 4.28. The molecule has 31 heavy (non-hydrogen) atoms. The fourth-order valence-corrected chi connectivity index (χ4v) is 3.94. The molecule has 0 spiro atoms. The molecule has 1 fully saturated rings. The maximum absolute atomic E-state index is 13.7. The minimum Gasteiger partial charge on any atom is -0.490 e. The Kier molecular flexibility index (Phi) is 5.47. The van der Waals surface area contributed by atoms with E-state index in [1.54, 1.807) is 25.1 Å². The number of aromatic amines is 1. The molecule has 0 bridgehead atoms. The van der Waals surface area contributed by atoms with Gasteiger partial charge in [-0.3, -0.25) is 9.59 Å². The number of amides is 1. The number of fused-ring (bicyclic) bond motifs is 1. The van der Waals surface area contributed by atoms with Crippen molar-refractivity contribution in [3.05, 3.63) is 69.5 Å². The van der Waals surface area contributed by atoms with Gasteiger partial charge in [-0.25, -0.2) is 0 Å². The zero-order chi connectivity index (χ0) is 22.2. The second-order valence-corrected chi connectivity index (χ2v) is 7.71. The van der Waals surface area contributed by atoms with E-state index in [1.807, 2.05) is 0 Å². The second-order valence-electron chi connectivity index (χ2n) is 7.71. The zero-order valence-corrected chi connectivity index (χ0v) is 16.8. The summed E-state index contributed by atoms with van der Waals surface area (Å²) in [6.07, 6.45) is 0.0125. The van der Waals surface area contributed by atoms with Crippen LogP contribution in [0.4, 0.5) is 18.9 Å². The Balaban J connectivity index is 1.66. The lowest BCUT2D eigenvalue weighted by Crippen LogP contribution is -2.24. The number of anilines is 1. The number of aryl methyl sites for hydroxylation is 1. The predicted molar refractivity (Wildman–Crippen MR) is 112 cm³/mol. The van der Waals surface area contributed by atoms with Gasteiger partial charge >= 0.3 is 6.18 Å². The molecule has 0 radical (unpaired) electrons. The number of H-pyrrole nitrogens is 1. The van der Waals surface area contributed by atoms with E-state index in [2.05, 4.69) is 10.3 Å². The molecule has 0 atom stereocenters. The van der Waals surface area contributed by atoms with Gasteiger partial charge in [-0.1, -0.05) is 12.1 Å². The van der Waals surface area contributed by atoms with E-state index in [0.29, 0.717) is 16.5 Å². The fraction of sp³-hybridized carbons (Fsp3) is 0.304. The maximum atomic E-state index is 13.7. The highest BCUT2D eigenvalue weighted by Gasteiger charge is 2.35. The Hall–Kier alpha value is -3.29. The molecule has 0 saturated heterocycles. The fourth-order valence-electron chi connectivity index (χ4n) is 3.94. The van der Waals surface area contributed by atoms with Crippen LogP contribution in [0.3, 0.4) is 0 Å². The number of pyridine rings is 1. The van der Waals surface area contributed by atoms with Crippen LogP contribution in [0, 0.1) is 6.92 Å². The smallest absolute Gasteiger partial charge is 0.418 e. The number of halogens is 3. The summed E-state index contributed by atoms with van der Waals surface area (Å²) >= 11 is 0. The molecule has 1 amide bonds. The highest BCUT2D eigenvalue weighted by molar-refractivity contribution is 6.06. The lowest BCUT2D eigenvalue weighted by Gasteiger charge is -2.18. The van der Waals surface area contributed by atoms with Crippen molar-refractivity contribution in [3.8, 4) is 5.75 Å². The van der Waals surface area contributed by atoms with Crippen LogP contribution in [0.2, 0.25) is 0 Å². The molecular weight excluding hydrogens is 409 g/mol. The van der Waals surface area contributed by atoms with Crippen LogP contribution < -0.4 is 15.5 Å². The van der Waals surface area contributed by atoms with Gasteiger partial charge in [0.1, 0.15) is 11.3 Å². The van der Waals surface area contributed by atoms with Gasteiger partial charge in [0.2, 0.25) is 5.43 Å². The molecular formula is C23H21F3N2O3. The minimum absolute atomic E-state index is 0.0964. The number of alkyl halides is 3. The standard InChI is InChI=1S/C23H21F3N2O3/c1-13-5-4-8-19-20(13)21(29)16(12-27-19)22(30)28-18-10-9-15(11-17(18)23(24,25)26)31-14-6-2-3-7-14/h4-5,8-12,14H,2-3,6-7H2,1H3,(H,27,29)(H,28,30). The molecule has 1 aliphatic carbocycles. The van der Waals surface area contributed by atoms with Gasteiger partial charge in [0.25, 0.3) is 5.91 Å². The third-order valence-corrected chi connectivity index (χ3v) is 5.51. The number of carbonyl (C=O) groups is 1. The minimum atomic E-state index is -4.70. The van der Waals surface area contributed by atoms with Crippen molar-refractivity contribution in [2.24, 2.45) is 0 Å². The number of benzene rings is 2. The highest BCUT2D eigenvalue weighted by Crippen LogP contribution is 2.38. The second kappa shape index (κ2) is 8.09. The number of carbonyl (C=O) groups excluding carboxylic acids is 1. The summed E-state index contributed by atoms with van der Waals surface area (Å²) in [7, 11) is 0. The summed E-state index contributed by atoms with van der Waals surface area (Å²) in [5.41, 5.74) is -1.05. The van der Waals surface area contributed by atoms with Gasteiger partial charge in [-0.15, -0.1) is 0 Å². The normalized spacial score (nSPS) is 14.7. The van der Waals surface area contributed by atoms with Crippen LogP contribution >= 0.6 is 0 Å². The van der Waals surface area contributed by atoms with E-state index in [1.165, 1.54) is 12.3 Å². The Morgan fingerprint density at radius 2 is 1.90 bits per heavy atom. The average Bonchev–Trinajstić information content (AvgIpc) is 3.21. The number of aromatic nitrogens is 1. The first-order valence-corrected chi connectivity index (χ1v) is 10.0. The van der Waals surface area contributed by atoms with Gasteiger partial charge in [0.15, 0.2) is 0 Å². The number of hydrogen-bond acceptors (Lipinski definition) is 3. The topological polar surface area (TPSA) is 71.2 Å². The van der Waals surface area contributed by atoms with E-state index in [4.69, 9.17) is 4.74 Å². The lowest BCUT2D eigenvalue weighted by atomic mass is 10.1. The number of rotatable bonds is 4. The summed E-state index contributed by atoms with van der Waals surface area (Å²) in [5, 5.41) is 2.57. The molecule has 1 aromatic heterocycles. The average molecular weight is 430 g/mol. The van der Waals surface area contributed by atoms with Crippen molar-refractivity contribution < 1.29 is 22.7 Å². The van der Waals surface area contributed by atoms with Crippen LogP contribution in [0.15, 0.2) is 47.4 Å². The van der Waals surface area contributed by atoms with Crippen molar-refractivity contribution in [3.63, 3.8) is 0 Å². The highest BCUT2D eigenvalue weighted by atomic mass is 19.4. The third-order valence-electron chi connectivity index (χ3n) is 5.51. The van der Waals surface area contributed by atoms with Crippen LogP contribution in [0.5, 0.6) is 5.75 Å². The molecule has 4 rings (SSSR count). The Bertz CT molecular complexity index is 1190. The van der Waals surface area contributed by atoms with Crippen LogP contribution in [-0.2, 0) is 6.18 Å². The quantitative estimate of drug-likeness (QED) is 0.580. The van der Waals surface area contributed by atoms with E-state index in [-0.39, 0.29) is 17.4 Å². The van der Waals surface area contributed by atoms with Gasteiger partial charge < -0.3 is 15.0 Å². The van der Waals surface area contributed by atoms with Crippen molar-refractivity contribution in [1.29, 1.82) is 0 Å². The molecule has 2 N–H and O–H groups in total. The molecule has 1 aliphatic rings. The Morgan fingerprint density at radius 1 is 1.16 bits per heavy atom. The molecule has 8 heteroatoms. The number of hydrogen-bond donors (Lipinski definition) is 2. The van der Waals surface area contributed by atoms with Crippen molar-refractivity contribution in [2.45, 2.75) is 44.9 Å². The van der Waals surface area contributed by atoms with Gasteiger partial charge in [0.05, 0.1) is 17.4 Å². The lowest BCUT2D eigenvalue weighted by molar-refractivity contribution is -0.137. The molecule has 3 aromatic rings.